The summed E-state index contributed by atoms with van der Waals surface area (Å²) in [5.74, 6) is -0.0662. The van der Waals surface area contributed by atoms with Crippen molar-refractivity contribution in [1.82, 2.24) is 0 Å². The van der Waals surface area contributed by atoms with Crippen molar-refractivity contribution in [3.8, 4) is 0 Å². The summed E-state index contributed by atoms with van der Waals surface area (Å²) in [7, 11) is 0. The van der Waals surface area contributed by atoms with E-state index in [1.165, 1.54) is 36.0 Å². The normalized spacial score (nSPS) is 21.3. The molecule has 1 heterocycles. The molecule has 0 aliphatic carbocycles. The molecule has 1 aliphatic heterocycles. The van der Waals surface area contributed by atoms with E-state index in [1.807, 2.05) is 0 Å². The maximum atomic E-state index is 12.7. The van der Waals surface area contributed by atoms with Gasteiger partial charge in [-0.25, -0.2) is 0 Å². The minimum atomic E-state index is -4.43. The van der Waals surface area contributed by atoms with Crippen LogP contribution >= 0.6 is 11.8 Å². The molecule has 0 bridgehead atoms. The molecular formula is C19H14F6OS. The molecule has 2 aromatic rings. The fourth-order valence-electron chi connectivity index (χ4n) is 2.96. The molecule has 3 rings (SSSR count). The number of hydrogen-bond acceptors (Lipinski definition) is 2. The van der Waals surface area contributed by atoms with Crippen molar-refractivity contribution in [2.24, 2.45) is 0 Å². The molecule has 0 unspecified atom stereocenters. The van der Waals surface area contributed by atoms with Gasteiger partial charge >= 0.3 is 12.4 Å². The fraction of sp³-hybridized carbons (Fsp3) is 0.316. The van der Waals surface area contributed by atoms with Crippen LogP contribution in [0.1, 0.15) is 45.6 Å². The second-order valence-corrected chi connectivity index (χ2v) is 7.71. The molecular weight excluding hydrogens is 390 g/mol. The second-order valence-electron chi connectivity index (χ2n) is 6.30. The topological polar surface area (TPSA) is 17.1 Å². The van der Waals surface area contributed by atoms with E-state index < -0.39 is 23.5 Å². The largest absolute Gasteiger partial charge is 0.416 e. The van der Waals surface area contributed by atoms with Crippen LogP contribution in [-0.2, 0) is 17.1 Å². The van der Waals surface area contributed by atoms with Gasteiger partial charge in [0.2, 0.25) is 0 Å². The minimum absolute atomic E-state index is 0.0662. The first-order chi connectivity index (χ1) is 12.5. The Bertz CT molecular complexity index is 741. The average molecular weight is 404 g/mol. The molecule has 1 fully saturated rings. The lowest BCUT2D eigenvalue weighted by Gasteiger charge is -2.29. The quantitative estimate of drug-likeness (QED) is 0.525. The van der Waals surface area contributed by atoms with Crippen LogP contribution in [0.15, 0.2) is 48.5 Å². The number of carbonyl (C=O) groups excluding carboxylic acids is 1. The standard InChI is InChI=1S/C19H14F6OS/c20-18(21,22)13-5-1-11(2-6-13)16-9-15(26)10-17(27-16)12-3-7-14(8-4-12)19(23,24)25/h1-8,16-17H,9-10H2/t16-,17-/m0/s1. The van der Waals surface area contributed by atoms with Gasteiger partial charge in [-0.1, -0.05) is 24.3 Å². The lowest BCUT2D eigenvalue weighted by molar-refractivity contribution is -0.138. The molecule has 0 aromatic heterocycles. The molecule has 0 spiro atoms. The smallest absolute Gasteiger partial charge is 0.300 e. The van der Waals surface area contributed by atoms with Crippen molar-refractivity contribution >= 4 is 17.5 Å². The number of thioether (sulfide) groups is 1. The van der Waals surface area contributed by atoms with Crippen LogP contribution in [0.5, 0.6) is 0 Å². The van der Waals surface area contributed by atoms with E-state index >= 15 is 0 Å². The molecule has 8 heteroatoms. The van der Waals surface area contributed by atoms with E-state index in [0.717, 1.165) is 24.3 Å². The number of hydrogen-bond donors (Lipinski definition) is 0. The second kappa shape index (κ2) is 7.22. The Labute approximate surface area is 155 Å². The first-order valence-corrected chi connectivity index (χ1v) is 9.00. The van der Waals surface area contributed by atoms with Gasteiger partial charge in [0.05, 0.1) is 11.1 Å². The van der Waals surface area contributed by atoms with Crippen LogP contribution < -0.4 is 0 Å². The van der Waals surface area contributed by atoms with Crippen LogP contribution in [0, 0.1) is 0 Å². The monoisotopic (exact) mass is 404 g/mol. The minimum Gasteiger partial charge on any atom is -0.300 e. The Kier molecular flexibility index (Phi) is 5.29. The summed E-state index contributed by atoms with van der Waals surface area (Å²) in [6.07, 6.45) is -8.49. The van der Waals surface area contributed by atoms with Crippen LogP contribution in [0.2, 0.25) is 0 Å². The molecule has 2 aromatic carbocycles. The number of alkyl halides is 6. The van der Waals surface area contributed by atoms with Gasteiger partial charge in [0.1, 0.15) is 5.78 Å². The highest BCUT2D eigenvalue weighted by molar-refractivity contribution is 7.99. The lowest BCUT2D eigenvalue weighted by atomic mass is 9.99. The van der Waals surface area contributed by atoms with Crippen molar-refractivity contribution in [2.75, 3.05) is 0 Å². The van der Waals surface area contributed by atoms with E-state index in [-0.39, 0.29) is 29.1 Å². The van der Waals surface area contributed by atoms with Gasteiger partial charge < -0.3 is 0 Å². The van der Waals surface area contributed by atoms with Crippen molar-refractivity contribution in [3.63, 3.8) is 0 Å². The Hall–Kier alpha value is -1.96. The molecule has 0 N–H and O–H groups in total. The first kappa shape index (κ1) is 19.8. The average Bonchev–Trinajstić information content (AvgIpc) is 2.60. The number of Topliss-reactive ketones (excluding diaryl/α,β-unsaturated/α-hetero) is 1. The number of carbonyl (C=O) groups is 1. The lowest BCUT2D eigenvalue weighted by Crippen LogP contribution is -2.16. The van der Waals surface area contributed by atoms with Gasteiger partial charge in [0.25, 0.3) is 0 Å². The summed E-state index contributed by atoms with van der Waals surface area (Å²) < 4.78 is 76.1. The highest BCUT2D eigenvalue weighted by Gasteiger charge is 2.34. The molecule has 0 amide bonds. The van der Waals surface area contributed by atoms with Crippen molar-refractivity contribution < 1.29 is 31.1 Å². The number of ketones is 1. The summed E-state index contributed by atoms with van der Waals surface area (Å²) in [5.41, 5.74) is -0.341. The van der Waals surface area contributed by atoms with Crippen LogP contribution in [-0.4, -0.2) is 5.78 Å². The Balaban J connectivity index is 1.79. The van der Waals surface area contributed by atoms with E-state index in [0.29, 0.717) is 11.1 Å². The van der Waals surface area contributed by atoms with Crippen molar-refractivity contribution in [1.29, 1.82) is 0 Å². The zero-order valence-corrected chi connectivity index (χ0v) is 14.6. The van der Waals surface area contributed by atoms with E-state index in [9.17, 15) is 31.1 Å². The molecule has 1 saturated heterocycles. The highest BCUT2D eigenvalue weighted by Crippen LogP contribution is 2.49. The Morgan fingerprint density at radius 3 is 1.30 bits per heavy atom. The number of rotatable bonds is 2. The predicted octanol–water partition coefficient (Wildman–Crippen LogP) is 6.60. The summed E-state index contributed by atoms with van der Waals surface area (Å²) in [6, 6.07) is 9.30. The predicted molar refractivity (Wildman–Crippen MR) is 90.2 cm³/mol. The van der Waals surface area contributed by atoms with Crippen molar-refractivity contribution in [3.05, 3.63) is 70.8 Å². The molecule has 1 nitrogen and oxygen atoms in total. The van der Waals surface area contributed by atoms with Crippen LogP contribution in [0.3, 0.4) is 0 Å². The fourth-order valence-corrected chi connectivity index (χ4v) is 4.55. The molecule has 0 saturated carbocycles. The maximum absolute atomic E-state index is 12.7. The number of halogens is 6. The Morgan fingerprint density at radius 2 is 1.00 bits per heavy atom. The molecule has 27 heavy (non-hydrogen) atoms. The van der Waals surface area contributed by atoms with Crippen LogP contribution in [0.4, 0.5) is 26.3 Å². The van der Waals surface area contributed by atoms with Crippen LogP contribution in [0.25, 0.3) is 0 Å². The summed E-state index contributed by atoms with van der Waals surface area (Å²) in [4.78, 5) is 12.1. The first-order valence-electron chi connectivity index (χ1n) is 8.05. The molecule has 1 aliphatic rings. The zero-order chi connectivity index (χ0) is 19.8. The summed E-state index contributed by atoms with van der Waals surface area (Å²) in [6.45, 7) is 0. The summed E-state index contributed by atoms with van der Waals surface area (Å²) >= 11 is 1.38. The van der Waals surface area contributed by atoms with E-state index in [1.54, 1.807) is 0 Å². The van der Waals surface area contributed by atoms with E-state index in [2.05, 4.69) is 0 Å². The molecule has 144 valence electrons. The highest BCUT2D eigenvalue weighted by atomic mass is 32.2. The van der Waals surface area contributed by atoms with Gasteiger partial charge in [-0.15, -0.1) is 11.8 Å². The Morgan fingerprint density at radius 1 is 0.667 bits per heavy atom. The van der Waals surface area contributed by atoms with Gasteiger partial charge in [-0.2, -0.15) is 26.3 Å². The third-order valence-corrected chi connectivity index (χ3v) is 5.91. The zero-order valence-electron chi connectivity index (χ0n) is 13.8. The third kappa shape index (κ3) is 4.66. The maximum Gasteiger partial charge on any atom is 0.416 e. The van der Waals surface area contributed by atoms with Crippen molar-refractivity contribution in [2.45, 2.75) is 35.7 Å². The third-order valence-electron chi connectivity index (χ3n) is 4.37. The number of benzene rings is 2. The molecule has 2 atom stereocenters. The van der Waals surface area contributed by atoms with Gasteiger partial charge in [-0.3, -0.25) is 4.79 Å². The van der Waals surface area contributed by atoms with Gasteiger partial charge in [0.15, 0.2) is 0 Å². The summed E-state index contributed by atoms with van der Waals surface area (Å²) in [5, 5.41) is -0.665. The SMILES string of the molecule is O=C1C[C@@H](c2ccc(C(F)(F)F)cc2)S[C@H](c2ccc(C(F)(F)F)cc2)C1. The molecule has 0 radical (unpaired) electrons. The van der Waals surface area contributed by atoms with E-state index in [4.69, 9.17) is 0 Å². The van der Waals surface area contributed by atoms with Gasteiger partial charge in [-0.05, 0) is 35.4 Å². The van der Waals surface area contributed by atoms with Gasteiger partial charge in [0, 0.05) is 23.3 Å².